The summed E-state index contributed by atoms with van der Waals surface area (Å²) < 4.78 is 0. The molecule has 3 aromatic carbocycles. The van der Waals surface area contributed by atoms with Gasteiger partial charge in [0.2, 0.25) is 0 Å². The fraction of sp³-hybridized carbons (Fsp3) is 0.0909. The molecular formula is C22H21N3O3. The van der Waals surface area contributed by atoms with E-state index in [1.54, 1.807) is 41.9 Å². The molecule has 142 valence electrons. The lowest BCUT2D eigenvalue weighted by molar-refractivity contribution is 0.0706. The van der Waals surface area contributed by atoms with Crippen molar-refractivity contribution in [1.29, 1.82) is 0 Å². The molecule has 6 heteroatoms. The Bertz CT molecular complexity index is 981. The number of anilines is 2. The normalized spacial score (nSPS) is 10.2. The summed E-state index contributed by atoms with van der Waals surface area (Å²) in [5.41, 5.74) is 6.04. The Hall–Kier alpha value is -3.64. The molecule has 0 fully saturated rings. The van der Waals surface area contributed by atoms with Crippen LogP contribution in [0.3, 0.4) is 0 Å². The smallest absolute Gasteiger partial charge is 0.274 e. The number of nitrogens with one attached hydrogen (secondary N) is 2. The monoisotopic (exact) mass is 375 g/mol. The van der Waals surface area contributed by atoms with Gasteiger partial charge in [-0.3, -0.25) is 14.8 Å². The number of amides is 2. The van der Waals surface area contributed by atoms with Crippen LogP contribution in [0.15, 0.2) is 72.8 Å². The minimum absolute atomic E-state index is 0.183. The number of hydrogen-bond donors (Lipinski definition) is 3. The van der Waals surface area contributed by atoms with Gasteiger partial charge < -0.3 is 10.2 Å². The van der Waals surface area contributed by atoms with E-state index in [1.807, 2.05) is 55.4 Å². The largest absolute Gasteiger partial charge is 0.378 e. The van der Waals surface area contributed by atoms with Crippen LogP contribution in [0.4, 0.5) is 11.4 Å². The number of carbonyl (C=O) groups is 2. The Labute approximate surface area is 163 Å². The van der Waals surface area contributed by atoms with Gasteiger partial charge in [-0.1, -0.05) is 24.3 Å². The molecule has 0 aliphatic rings. The lowest BCUT2D eigenvalue weighted by Crippen LogP contribution is -2.18. The van der Waals surface area contributed by atoms with Crippen LogP contribution in [0.1, 0.15) is 20.7 Å². The van der Waals surface area contributed by atoms with E-state index < -0.39 is 5.91 Å². The predicted octanol–water partition coefficient (Wildman–Crippen LogP) is 3.79. The first-order valence-electron chi connectivity index (χ1n) is 8.71. The van der Waals surface area contributed by atoms with E-state index >= 15 is 0 Å². The van der Waals surface area contributed by atoms with Gasteiger partial charge in [-0.25, -0.2) is 5.48 Å². The Morgan fingerprint density at radius 1 is 0.786 bits per heavy atom. The van der Waals surface area contributed by atoms with E-state index in [-0.39, 0.29) is 5.91 Å². The third-order valence-electron chi connectivity index (χ3n) is 4.35. The van der Waals surface area contributed by atoms with E-state index in [0.717, 1.165) is 16.8 Å². The van der Waals surface area contributed by atoms with Crippen LogP contribution in [0.5, 0.6) is 0 Å². The van der Waals surface area contributed by atoms with Gasteiger partial charge in [0, 0.05) is 36.6 Å². The van der Waals surface area contributed by atoms with Gasteiger partial charge in [-0.15, -0.1) is 0 Å². The van der Waals surface area contributed by atoms with Crippen LogP contribution in [0.25, 0.3) is 11.1 Å². The zero-order chi connectivity index (χ0) is 20.1. The fourth-order valence-corrected chi connectivity index (χ4v) is 2.77. The molecule has 0 unspecified atom stereocenters. The van der Waals surface area contributed by atoms with Crippen LogP contribution in [0.2, 0.25) is 0 Å². The molecule has 3 aromatic rings. The number of carbonyl (C=O) groups excluding carboxylic acids is 2. The van der Waals surface area contributed by atoms with Crippen LogP contribution in [-0.4, -0.2) is 31.1 Å². The van der Waals surface area contributed by atoms with Gasteiger partial charge in [0.15, 0.2) is 0 Å². The molecular weight excluding hydrogens is 354 g/mol. The molecule has 0 heterocycles. The summed E-state index contributed by atoms with van der Waals surface area (Å²) >= 11 is 0. The molecule has 3 rings (SSSR count). The Morgan fingerprint density at radius 2 is 1.39 bits per heavy atom. The van der Waals surface area contributed by atoms with Crippen LogP contribution in [0, 0.1) is 0 Å². The number of hydroxylamine groups is 1. The Morgan fingerprint density at radius 3 is 2.00 bits per heavy atom. The third kappa shape index (κ3) is 4.36. The van der Waals surface area contributed by atoms with Gasteiger partial charge in [0.1, 0.15) is 0 Å². The van der Waals surface area contributed by atoms with Gasteiger partial charge >= 0.3 is 0 Å². The summed E-state index contributed by atoms with van der Waals surface area (Å²) in [4.78, 5) is 25.9. The van der Waals surface area contributed by atoms with E-state index in [0.29, 0.717) is 16.8 Å². The number of hydrogen-bond acceptors (Lipinski definition) is 4. The molecule has 28 heavy (non-hydrogen) atoms. The van der Waals surface area contributed by atoms with Crippen molar-refractivity contribution in [3.8, 4) is 11.1 Å². The molecule has 0 atom stereocenters. The molecule has 0 aromatic heterocycles. The first-order chi connectivity index (χ1) is 13.5. The summed E-state index contributed by atoms with van der Waals surface area (Å²) in [6.07, 6.45) is 0. The molecule has 3 N–H and O–H groups in total. The lowest BCUT2D eigenvalue weighted by atomic mass is 10.0. The Kier molecular flexibility index (Phi) is 5.72. The highest BCUT2D eigenvalue weighted by atomic mass is 16.5. The summed E-state index contributed by atoms with van der Waals surface area (Å²) in [6, 6.07) is 21.7. The molecule has 0 bridgehead atoms. The maximum atomic E-state index is 12.5. The first-order valence-corrected chi connectivity index (χ1v) is 8.71. The van der Waals surface area contributed by atoms with E-state index in [4.69, 9.17) is 5.21 Å². The third-order valence-corrected chi connectivity index (χ3v) is 4.35. The van der Waals surface area contributed by atoms with Gasteiger partial charge in [-0.05, 0) is 59.7 Å². The van der Waals surface area contributed by atoms with Crippen LogP contribution in [-0.2, 0) is 0 Å². The van der Waals surface area contributed by atoms with Crippen molar-refractivity contribution < 1.29 is 14.8 Å². The fourth-order valence-electron chi connectivity index (χ4n) is 2.77. The molecule has 2 amide bonds. The standard InChI is InChI=1S/C22H21N3O3/c1-25(2)20-12-10-16(11-13-20)21(26)23-19-5-3-4-18(14-19)15-6-8-17(9-7-15)22(27)24-28/h3-14,28H,1-2H3,(H,23,26)(H,24,27). The van der Waals surface area contributed by atoms with Crippen molar-refractivity contribution in [3.05, 3.63) is 83.9 Å². The van der Waals surface area contributed by atoms with Crippen molar-refractivity contribution in [1.82, 2.24) is 5.48 Å². The second-order valence-electron chi connectivity index (χ2n) is 6.49. The number of rotatable bonds is 5. The average Bonchev–Trinajstić information content (AvgIpc) is 2.73. The van der Waals surface area contributed by atoms with Crippen molar-refractivity contribution in [3.63, 3.8) is 0 Å². The highest BCUT2D eigenvalue weighted by Crippen LogP contribution is 2.24. The maximum absolute atomic E-state index is 12.5. The summed E-state index contributed by atoms with van der Waals surface area (Å²) in [6.45, 7) is 0. The van der Waals surface area contributed by atoms with Gasteiger partial charge in [0.25, 0.3) is 11.8 Å². The maximum Gasteiger partial charge on any atom is 0.274 e. The Balaban J connectivity index is 1.75. The van der Waals surface area contributed by atoms with E-state index in [2.05, 4.69) is 5.32 Å². The minimum Gasteiger partial charge on any atom is -0.378 e. The zero-order valence-electron chi connectivity index (χ0n) is 15.6. The first kappa shape index (κ1) is 19.1. The van der Waals surface area contributed by atoms with E-state index in [9.17, 15) is 9.59 Å². The van der Waals surface area contributed by atoms with Gasteiger partial charge in [0.05, 0.1) is 0 Å². The van der Waals surface area contributed by atoms with Crippen molar-refractivity contribution >= 4 is 23.2 Å². The molecule has 0 aliphatic carbocycles. The second-order valence-corrected chi connectivity index (χ2v) is 6.49. The van der Waals surface area contributed by atoms with Crippen molar-refractivity contribution in [2.24, 2.45) is 0 Å². The number of nitrogens with zero attached hydrogens (tertiary/aromatic N) is 1. The van der Waals surface area contributed by atoms with Crippen LogP contribution < -0.4 is 15.7 Å². The number of benzene rings is 3. The lowest BCUT2D eigenvalue weighted by Gasteiger charge is -2.13. The van der Waals surface area contributed by atoms with Gasteiger partial charge in [-0.2, -0.15) is 0 Å². The molecule has 0 spiro atoms. The topological polar surface area (TPSA) is 81.7 Å². The summed E-state index contributed by atoms with van der Waals surface area (Å²) in [5.74, 6) is -0.745. The quantitative estimate of drug-likeness (QED) is 0.468. The molecule has 0 saturated carbocycles. The average molecular weight is 375 g/mol. The molecule has 6 nitrogen and oxygen atoms in total. The highest BCUT2D eigenvalue weighted by Gasteiger charge is 2.08. The summed E-state index contributed by atoms with van der Waals surface area (Å²) in [7, 11) is 3.90. The minimum atomic E-state index is -0.562. The molecule has 0 saturated heterocycles. The predicted molar refractivity (Wildman–Crippen MR) is 110 cm³/mol. The highest BCUT2D eigenvalue weighted by molar-refractivity contribution is 6.04. The molecule has 0 radical (unpaired) electrons. The van der Waals surface area contributed by atoms with Crippen LogP contribution >= 0.6 is 0 Å². The van der Waals surface area contributed by atoms with Crippen molar-refractivity contribution in [2.45, 2.75) is 0 Å². The molecule has 0 aliphatic heterocycles. The van der Waals surface area contributed by atoms with Crippen molar-refractivity contribution in [2.75, 3.05) is 24.3 Å². The second kappa shape index (κ2) is 8.37. The van der Waals surface area contributed by atoms with E-state index in [1.165, 1.54) is 0 Å². The SMILES string of the molecule is CN(C)c1ccc(C(=O)Nc2cccc(-c3ccc(C(=O)NO)cc3)c2)cc1. The zero-order valence-corrected chi connectivity index (χ0v) is 15.6. The summed E-state index contributed by atoms with van der Waals surface area (Å²) in [5, 5.41) is 11.6.